The van der Waals surface area contributed by atoms with Crippen LogP contribution in [0.5, 0.6) is 0 Å². The van der Waals surface area contributed by atoms with Gasteiger partial charge in [-0.1, -0.05) is 0 Å². The van der Waals surface area contributed by atoms with Gasteiger partial charge in [0.1, 0.15) is 0 Å². The number of benzene rings is 1. The third-order valence-electron chi connectivity index (χ3n) is 4.45. The van der Waals surface area contributed by atoms with E-state index in [-0.39, 0.29) is 11.5 Å². The third kappa shape index (κ3) is 2.45. The van der Waals surface area contributed by atoms with Crippen LogP contribution in [-0.4, -0.2) is 35.0 Å². The van der Waals surface area contributed by atoms with E-state index in [2.05, 4.69) is 15.3 Å². The molecule has 2 aliphatic rings. The monoisotopic (exact) mass is 289 g/mol. The number of H-pyrrole nitrogens is 2. The minimum Gasteiger partial charge on any atom is -0.382 e. The normalized spacial score (nSPS) is 22.1. The molecule has 112 valence electrons. The molecule has 4 rings (SSSR count). The predicted molar refractivity (Wildman–Crippen MR) is 79.4 cm³/mol. The molecule has 6 nitrogen and oxygen atoms in total. The highest BCUT2D eigenvalue weighted by Gasteiger charge is 2.40. The number of rotatable bonds is 2. The summed E-state index contributed by atoms with van der Waals surface area (Å²) in [7, 11) is 0. The molecule has 3 N–H and O–H groups in total. The number of imidazole rings is 1. The van der Waals surface area contributed by atoms with Gasteiger partial charge in [0.2, 0.25) is 0 Å². The number of aromatic nitrogens is 2. The van der Waals surface area contributed by atoms with Crippen LogP contribution < -0.4 is 11.0 Å². The van der Waals surface area contributed by atoms with E-state index in [1.807, 2.05) is 18.2 Å². The van der Waals surface area contributed by atoms with E-state index >= 15 is 0 Å². The lowest BCUT2D eigenvalue weighted by atomic mass is 9.90. The fourth-order valence-corrected chi connectivity index (χ4v) is 3.35. The van der Waals surface area contributed by atoms with Crippen LogP contribution in [0.25, 0.3) is 11.0 Å². The summed E-state index contributed by atoms with van der Waals surface area (Å²) in [5, 5.41) is 3.54. The number of anilines is 1. The second-order valence-corrected chi connectivity index (χ2v) is 5.87. The maximum atomic E-state index is 11.3. The molecule has 2 heterocycles. The van der Waals surface area contributed by atoms with Crippen molar-refractivity contribution in [1.82, 2.24) is 9.97 Å². The molecule has 0 radical (unpaired) electrons. The summed E-state index contributed by atoms with van der Waals surface area (Å²) in [6.07, 6.45) is 3.94. The van der Waals surface area contributed by atoms with Gasteiger partial charge in [-0.05, 0) is 31.0 Å². The Bertz CT molecular complexity index is 689. The zero-order valence-corrected chi connectivity index (χ0v) is 11.8. The summed E-state index contributed by atoms with van der Waals surface area (Å²) in [5.41, 5.74) is 2.53. The van der Waals surface area contributed by atoms with Crippen molar-refractivity contribution in [3.8, 4) is 0 Å². The summed E-state index contributed by atoms with van der Waals surface area (Å²) in [4.78, 5) is 16.8. The molecule has 0 bridgehead atoms. The summed E-state index contributed by atoms with van der Waals surface area (Å²) in [6.45, 7) is 1.44. The molecular weight excluding hydrogens is 270 g/mol. The lowest BCUT2D eigenvalue weighted by molar-refractivity contribution is -0.177. The molecular formula is C15H19N3O3. The van der Waals surface area contributed by atoms with E-state index < -0.39 is 0 Å². The number of hydrogen-bond acceptors (Lipinski definition) is 4. The van der Waals surface area contributed by atoms with Gasteiger partial charge in [-0.15, -0.1) is 0 Å². The molecule has 21 heavy (non-hydrogen) atoms. The average molecular weight is 289 g/mol. The summed E-state index contributed by atoms with van der Waals surface area (Å²) >= 11 is 0. The van der Waals surface area contributed by atoms with E-state index in [1.54, 1.807) is 0 Å². The molecule has 0 unspecified atom stereocenters. The average Bonchev–Trinajstić information content (AvgIpc) is 3.07. The van der Waals surface area contributed by atoms with Crippen LogP contribution >= 0.6 is 0 Å². The molecule has 1 saturated carbocycles. The number of ether oxygens (including phenoxy) is 2. The molecule has 0 atom stereocenters. The number of hydrogen-bond donors (Lipinski definition) is 3. The van der Waals surface area contributed by atoms with E-state index in [1.165, 1.54) is 0 Å². The smallest absolute Gasteiger partial charge is 0.323 e. The van der Waals surface area contributed by atoms with Crippen molar-refractivity contribution in [3.63, 3.8) is 0 Å². The van der Waals surface area contributed by atoms with Crippen molar-refractivity contribution in [3.05, 3.63) is 28.7 Å². The highest BCUT2D eigenvalue weighted by atomic mass is 16.7. The number of fused-ring (bicyclic) bond motifs is 1. The second-order valence-electron chi connectivity index (χ2n) is 5.87. The van der Waals surface area contributed by atoms with Crippen molar-refractivity contribution in [2.45, 2.75) is 37.5 Å². The first-order chi connectivity index (χ1) is 10.2. The first-order valence-electron chi connectivity index (χ1n) is 7.49. The number of nitrogens with one attached hydrogen (secondary N) is 3. The van der Waals surface area contributed by atoms with Crippen LogP contribution in [0.15, 0.2) is 23.0 Å². The van der Waals surface area contributed by atoms with Gasteiger partial charge < -0.3 is 24.8 Å². The Morgan fingerprint density at radius 3 is 2.57 bits per heavy atom. The summed E-state index contributed by atoms with van der Waals surface area (Å²) in [5.74, 6) is -0.311. The zero-order valence-electron chi connectivity index (χ0n) is 11.8. The Morgan fingerprint density at radius 2 is 1.81 bits per heavy atom. The van der Waals surface area contributed by atoms with Crippen LogP contribution in [0.4, 0.5) is 5.69 Å². The largest absolute Gasteiger partial charge is 0.382 e. The number of aromatic amines is 2. The lowest BCUT2D eigenvalue weighted by Gasteiger charge is -2.36. The van der Waals surface area contributed by atoms with E-state index in [0.717, 1.165) is 55.6 Å². The minimum atomic E-state index is -0.311. The van der Waals surface area contributed by atoms with Crippen molar-refractivity contribution in [2.75, 3.05) is 18.5 Å². The van der Waals surface area contributed by atoms with Crippen molar-refractivity contribution in [2.24, 2.45) is 0 Å². The van der Waals surface area contributed by atoms with E-state index in [9.17, 15) is 4.79 Å². The van der Waals surface area contributed by atoms with Crippen LogP contribution in [0, 0.1) is 0 Å². The molecule has 1 aliphatic carbocycles. The predicted octanol–water partition coefficient (Wildman–Crippen LogP) is 1.95. The van der Waals surface area contributed by atoms with Crippen molar-refractivity contribution < 1.29 is 9.47 Å². The van der Waals surface area contributed by atoms with Crippen LogP contribution in [0.1, 0.15) is 25.7 Å². The lowest BCUT2D eigenvalue weighted by Crippen LogP contribution is -2.39. The summed E-state index contributed by atoms with van der Waals surface area (Å²) < 4.78 is 11.5. The van der Waals surface area contributed by atoms with Crippen molar-refractivity contribution >= 4 is 16.7 Å². The van der Waals surface area contributed by atoms with E-state index in [0.29, 0.717) is 6.04 Å². The molecule has 2 fully saturated rings. The van der Waals surface area contributed by atoms with Crippen LogP contribution in [0.3, 0.4) is 0 Å². The van der Waals surface area contributed by atoms with Crippen molar-refractivity contribution in [1.29, 1.82) is 0 Å². The standard InChI is InChI=1S/C15H19N3O3/c19-14-17-12-2-1-11(9-13(12)18-14)16-10-3-5-15(6-4-10)20-7-8-21-15/h1-2,9-10,16H,3-8H2,(H2,17,18,19). The molecule has 1 aromatic carbocycles. The first kappa shape index (κ1) is 12.9. The molecule has 2 aromatic rings. The van der Waals surface area contributed by atoms with Crippen LogP contribution in [0.2, 0.25) is 0 Å². The van der Waals surface area contributed by atoms with Gasteiger partial charge in [-0.25, -0.2) is 4.79 Å². The molecule has 1 aromatic heterocycles. The van der Waals surface area contributed by atoms with Gasteiger partial charge in [0.25, 0.3) is 0 Å². The Labute approximate surface area is 121 Å². The highest BCUT2D eigenvalue weighted by Crippen LogP contribution is 2.36. The van der Waals surface area contributed by atoms with Gasteiger partial charge in [0.15, 0.2) is 5.79 Å². The van der Waals surface area contributed by atoms with E-state index in [4.69, 9.17) is 9.47 Å². The minimum absolute atomic E-state index is 0.169. The molecule has 1 aliphatic heterocycles. The Hall–Kier alpha value is -1.79. The molecule has 6 heteroatoms. The maximum absolute atomic E-state index is 11.3. The molecule has 0 amide bonds. The molecule has 1 spiro atoms. The van der Waals surface area contributed by atoms with Gasteiger partial charge >= 0.3 is 5.69 Å². The summed E-state index contributed by atoms with van der Waals surface area (Å²) in [6, 6.07) is 6.31. The van der Waals surface area contributed by atoms with Gasteiger partial charge in [0.05, 0.1) is 24.2 Å². The SMILES string of the molecule is O=c1[nH]c2ccc(NC3CCC4(CC3)OCCO4)cc2[nH]1. The fourth-order valence-electron chi connectivity index (χ4n) is 3.35. The molecule has 1 saturated heterocycles. The van der Waals surface area contributed by atoms with Gasteiger partial charge in [0, 0.05) is 24.6 Å². The fraction of sp³-hybridized carbons (Fsp3) is 0.533. The maximum Gasteiger partial charge on any atom is 0.323 e. The quantitative estimate of drug-likeness (QED) is 0.789. The zero-order chi connectivity index (χ0) is 14.3. The Balaban J connectivity index is 1.44. The third-order valence-corrected chi connectivity index (χ3v) is 4.45. The second kappa shape index (κ2) is 4.89. The Kier molecular flexibility index (Phi) is 3.01. The Morgan fingerprint density at radius 1 is 1.10 bits per heavy atom. The van der Waals surface area contributed by atoms with Gasteiger partial charge in [-0.3, -0.25) is 0 Å². The van der Waals surface area contributed by atoms with Crippen LogP contribution in [-0.2, 0) is 9.47 Å². The first-order valence-corrected chi connectivity index (χ1v) is 7.49. The van der Waals surface area contributed by atoms with Gasteiger partial charge in [-0.2, -0.15) is 0 Å². The topological polar surface area (TPSA) is 79.1 Å². The highest BCUT2D eigenvalue weighted by molar-refractivity contribution is 5.78.